The second-order valence-corrected chi connectivity index (χ2v) is 6.18. The minimum absolute atomic E-state index is 0.347. The Balaban J connectivity index is 1.92. The van der Waals surface area contributed by atoms with Crippen LogP contribution in [0.4, 0.5) is 13.2 Å². The van der Waals surface area contributed by atoms with Gasteiger partial charge in [-0.2, -0.15) is 13.2 Å². The van der Waals surface area contributed by atoms with E-state index in [9.17, 15) is 13.2 Å². The molecular formula is C18H25F3N6O. The molecule has 0 unspecified atom stereocenters. The largest absolute Gasteiger partial charge is 0.416 e. The molecule has 0 aliphatic heterocycles. The standard InChI is InChI=1S/C18H25F3N6O/c1-13-25-26-16(27(13)2)12-24-17(23-10-11-28-3)22-9-8-14-4-6-15(7-5-14)18(19,20)21/h4-7H,8-12H2,1-3H3,(H2,22,23,24). The summed E-state index contributed by atoms with van der Waals surface area (Å²) in [7, 11) is 3.48. The molecule has 0 amide bonds. The van der Waals surface area contributed by atoms with Gasteiger partial charge in [0.1, 0.15) is 12.4 Å². The number of ether oxygens (including phenoxy) is 1. The normalized spacial score (nSPS) is 12.3. The molecule has 0 spiro atoms. The molecule has 0 fully saturated rings. The summed E-state index contributed by atoms with van der Waals surface area (Å²) in [5.41, 5.74) is 0.160. The summed E-state index contributed by atoms with van der Waals surface area (Å²) in [4.78, 5) is 4.48. The highest BCUT2D eigenvalue weighted by atomic mass is 19.4. The quantitative estimate of drug-likeness (QED) is 0.405. The van der Waals surface area contributed by atoms with Crippen molar-refractivity contribution in [3.8, 4) is 0 Å². The van der Waals surface area contributed by atoms with Crippen molar-refractivity contribution in [3.63, 3.8) is 0 Å². The molecule has 0 bridgehead atoms. The lowest BCUT2D eigenvalue weighted by Crippen LogP contribution is -2.40. The first-order chi connectivity index (χ1) is 13.3. The summed E-state index contributed by atoms with van der Waals surface area (Å²) in [5.74, 6) is 2.10. The van der Waals surface area contributed by atoms with Gasteiger partial charge in [-0.05, 0) is 31.0 Å². The minimum atomic E-state index is -4.32. The minimum Gasteiger partial charge on any atom is -0.383 e. The van der Waals surface area contributed by atoms with Crippen LogP contribution in [0.15, 0.2) is 29.3 Å². The Labute approximate surface area is 162 Å². The van der Waals surface area contributed by atoms with E-state index in [1.54, 1.807) is 7.11 Å². The van der Waals surface area contributed by atoms with Gasteiger partial charge in [-0.25, -0.2) is 4.99 Å². The molecule has 7 nitrogen and oxygen atoms in total. The number of guanidine groups is 1. The second kappa shape index (κ2) is 10.1. The number of halogens is 3. The van der Waals surface area contributed by atoms with Crippen LogP contribution in [0, 0.1) is 6.92 Å². The second-order valence-electron chi connectivity index (χ2n) is 6.18. The molecule has 0 saturated heterocycles. The van der Waals surface area contributed by atoms with Gasteiger partial charge in [0.05, 0.1) is 12.2 Å². The first-order valence-electron chi connectivity index (χ1n) is 8.83. The number of nitrogens with zero attached hydrogens (tertiary/aromatic N) is 4. The predicted octanol–water partition coefficient (Wildman–Crippen LogP) is 2.07. The Morgan fingerprint density at radius 1 is 1.14 bits per heavy atom. The van der Waals surface area contributed by atoms with E-state index >= 15 is 0 Å². The molecule has 0 aliphatic rings. The van der Waals surface area contributed by atoms with E-state index in [2.05, 4.69) is 25.8 Å². The number of rotatable bonds is 8. The van der Waals surface area contributed by atoms with Crippen molar-refractivity contribution in [1.82, 2.24) is 25.4 Å². The van der Waals surface area contributed by atoms with Crippen molar-refractivity contribution >= 4 is 5.96 Å². The van der Waals surface area contributed by atoms with Crippen LogP contribution in [0.5, 0.6) is 0 Å². The maximum absolute atomic E-state index is 12.6. The summed E-state index contributed by atoms with van der Waals surface area (Å²) in [5, 5.41) is 14.4. The number of aliphatic imine (C=N–C) groups is 1. The van der Waals surface area contributed by atoms with E-state index in [0.717, 1.165) is 29.3 Å². The van der Waals surface area contributed by atoms with Crippen LogP contribution in [-0.2, 0) is 30.9 Å². The van der Waals surface area contributed by atoms with Gasteiger partial charge in [0.15, 0.2) is 11.8 Å². The molecule has 2 rings (SSSR count). The smallest absolute Gasteiger partial charge is 0.383 e. The van der Waals surface area contributed by atoms with Crippen molar-refractivity contribution in [1.29, 1.82) is 0 Å². The van der Waals surface area contributed by atoms with E-state index in [-0.39, 0.29) is 0 Å². The third-order valence-corrected chi connectivity index (χ3v) is 4.15. The van der Waals surface area contributed by atoms with Crippen LogP contribution in [-0.4, -0.2) is 47.5 Å². The summed E-state index contributed by atoms with van der Waals surface area (Å²) >= 11 is 0. The molecule has 28 heavy (non-hydrogen) atoms. The topological polar surface area (TPSA) is 76.4 Å². The number of aryl methyl sites for hydroxylation is 1. The van der Waals surface area contributed by atoms with Gasteiger partial charge >= 0.3 is 6.18 Å². The molecule has 1 aromatic heterocycles. The highest BCUT2D eigenvalue weighted by molar-refractivity contribution is 5.79. The number of hydrogen-bond donors (Lipinski definition) is 2. The zero-order chi connectivity index (χ0) is 20.6. The van der Waals surface area contributed by atoms with Crippen molar-refractivity contribution in [2.75, 3.05) is 26.8 Å². The fourth-order valence-corrected chi connectivity index (χ4v) is 2.37. The lowest BCUT2D eigenvalue weighted by molar-refractivity contribution is -0.137. The van der Waals surface area contributed by atoms with Crippen LogP contribution in [0.3, 0.4) is 0 Å². The molecular weight excluding hydrogens is 373 g/mol. The van der Waals surface area contributed by atoms with Crippen LogP contribution in [0.25, 0.3) is 0 Å². The van der Waals surface area contributed by atoms with E-state index < -0.39 is 11.7 Å². The molecule has 0 saturated carbocycles. The van der Waals surface area contributed by atoms with Gasteiger partial charge in [-0.1, -0.05) is 12.1 Å². The lowest BCUT2D eigenvalue weighted by Gasteiger charge is -2.13. The third kappa shape index (κ3) is 6.52. The average Bonchev–Trinajstić information content (AvgIpc) is 2.97. The Kier molecular flexibility index (Phi) is 7.80. The molecule has 2 N–H and O–H groups in total. The molecule has 2 aromatic rings. The zero-order valence-electron chi connectivity index (χ0n) is 16.2. The Morgan fingerprint density at radius 3 is 2.39 bits per heavy atom. The Bertz CT molecular complexity index is 771. The number of aromatic nitrogens is 3. The zero-order valence-corrected chi connectivity index (χ0v) is 16.2. The van der Waals surface area contributed by atoms with Crippen molar-refractivity contribution in [3.05, 3.63) is 47.0 Å². The molecule has 1 aromatic carbocycles. The van der Waals surface area contributed by atoms with Gasteiger partial charge in [0.25, 0.3) is 0 Å². The van der Waals surface area contributed by atoms with Crippen LogP contribution < -0.4 is 10.6 Å². The molecule has 0 atom stereocenters. The lowest BCUT2D eigenvalue weighted by atomic mass is 10.1. The van der Waals surface area contributed by atoms with Crippen LogP contribution in [0.2, 0.25) is 0 Å². The van der Waals surface area contributed by atoms with E-state index in [1.807, 2.05) is 18.5 Å². The molecule has 1 heterocycles. The van der Waals surface area contributed by atoms with Crippen molar-refractivity contribution in [2.45, 2.75) is 26.1 Å². The molecule has 154 valence electrons. The fourth-order valence-electron chi connectivity index (χ4n) is 2.37. The molecule has 10 heteroatoms. The van der Waals surface area contributed by atoms with E-state index in [1.165, 1.54) is 12.1 Å². The summed E-state index contributed by atoms with van der Waals surface area (Å²) in [6, 6.07) is 5.17. The number of nitrogens with one attached hydrogen (secondary N) is 2. The maximum atomic E-state index is 12.6. The van der Waals surface area contributed by atoms with Crippen molar-refractivity contribution in [2.24, 2.45) is 12.0 Å². The van der Waals surface area contributed by atoms with Gasteiger partial charge in [0.2, 0.25) is 0 Å². The fraction of sp³-hybridized carbons (Fsp3) is 0.500. The summed E-state index contributed by atoms with van der Waals surface area (Å²) < 4.78 is 44.8. The average molecular weight is 398 g/mol. The van der Waals surface area contributed by atoms with Gasteiger partial charge in [-0.3, -0.25) is 0 Å². The van der Waals surface area contributed by atoms with Crippen molar-refractivity contribution < 1.29 is 17.9 Å². The maximum Gasteiger partial charge on any atom is 0.416 e. The highest BCUT2D eigenvalue weighted by Gasteiger charge is 2.29. The predicted molar refractivity (Wildman–Crippen MR) is 99.9 cm³/mol. The number of methoxy groups -OCH3 is 1. The van der Waals surface area contributed by atoms with Gasteiger partial charge in [0, 0.05) is 27.2 Å². The van der Waals surface area contributed by atoms with E-state index in [0.29, 0.717) is 38.6 Å². The number of hydrogen-bond acceptors (Lipinski definition) is 4. The number of benzene rings is 1. The monoisotopic (exact) mass is 398 g/mol. The molecule has 0 radical (unpaired) electrons. The van der Waals surface area contributed by atoms with Crippen LogP contribution >= 0.6 is 0 Å². The molecule has 0 aliphatic carbocycles. The Morgan fingerprint density at radius 2 is 1.82 bits per heavy atom. The first kappa shape index (κ1) is 21.7. The summed E-state index contributed by atoms with van der Waals surface area (Å²) in [6.07, 6.45) is -3.76. The SMILES string of the molecule is COCCNC(=NCc1nnc(C)n1C)NCCc1ccc(C(F)(F)F)cc1. The van der Waals surface area contributed by atoms with Gasteiger partial charge in [-0.15, -0.1) is 10.2 Å². The Hall–Kier alpha value is -2.62. The number of alkyl halides is 3. The highest BCUT2D eigenvalue weighted by Crippen LogP contribution is 2.29. The van der Waals surface area contributed by atoms with Gasteiger partial charge < -0.3 is 19.9 Å². The first-order valence-corrected chi connectivity index (χ1v) is 8.83. The van der Waals surface area contributed by atoms with Crippen LogP contribution in [0.1, 0.15) is 22.8 Å². The summed E-state index contributed by atoms with van der Waals surface area (Å²) in [6.45, 7) is 3.81. The van der Waals surface area contributed by atoms with E-state index in [4.69, 9.17) is 4.74 Å². The third-order valence-electron chi connectivity index (χ3n) is 4.15.